The number of carbonyl (C=O) groups is 3. The molecule has 0 aliphatic carbocycles. The van der Waals surface area contributed by atoms with Crippen LogP contribution in [0.15, 0.2) is 115 Å². The van der Waals surface area contributed by atoms with E-state index >= 15 is 13.2 Å². The zero-order chi connectivity index (χ0) is 68.9. The number of rotatable bonds is 27. The number of carbonyl (C=O) groups excluding carboxylic acids is 3. The van der Waals surface area contributed by atoms with E-state index in [1.165, 1.54) is 36.4 Å². The molecule has 0 saturated heterocycles. The lowest BCUT2D eigenvalue weighted by molar-refractivity contribution is 0.0950. The summed E-state index contributed by atoms with van der Waals surface area (Å²) in [5.74, 6) is -0.919. The normalized spacial score (nSPS) is 17.1. The van der Waals surface area contributed by atoms with Gasteiger partial charge in [0.05, 0.1) is 70.0 Å². The van der Waals surface area contributed by atoms with Gasteiger partial charge < -0.3 is 61.1 Å². The molecule has 0 spiro atoms. The Balaban J connectivity index is 0.783. The van der Waals surface area contributed by atoms with Crippen molar-refractivity contribution in [3.8, 4) is 0 Å². The summed E-state index contributed by atoms with van der Waals surface area (Å²) in [6.07, 6.45) is 3.29. The van der Waals surface area contributed by atoms with Gasteiger partial charge in [0.15, 0.2) is 0 Å². The number of hydrogen-bond acceptors (Lipinski definition) is 18. The third-order valence-corrected chi connectivity index (χ3v) is 19.8. The fraction of sp³-hybridized carbons (Fsp3) is 0.375. The van der Waals surface area contributed by atoms with Gasteiger partial charge in [-0.05, 0) is 147 Å². The summed E-state index contributed by atoms with van der Waals surface area (Å²) >= 11 is 0. The largest absolute Gasteiger partial charge is 0.464 e. The number of aryl methyl sites for hydroxylation is 3. The van der Waals surface area contributed by atoms with Gasteiger partial charge in [0.1, 0.15) is 86.1 Å². The van der Waals surface area contributed by atoms with Crippen LogP contribution in [-0.2, 0) is 12.8 Å². The Morgan fingerprint density at radius 3 is 1.02 bits per heavy atom. The van der Waals surface area contributed by atoms with E-state index in [1.807, 2.05) is 60.6 Å². The van der Waals surface area contributed by atoms with Crippen LogP contribution in [0, 0.1) is 40.6 Å². The van der Waals surface area contributed by atoms with Crippen molar-refractivity contribution in [2.24, 2.45) is 16.2 Å². The number of benzene rings is 3. The minimum absolute atomic E-state index is 0.0125. The van der Waals surface area contributed by atoms with Crippen LogP contribution in [0.1, 0.15) is 220 Å². The van der Waals surface area contributed by atoms with Crippen LogP contribution in [-0.4, -0.2) is 17.7 Å². The van der Waals surface area contributed by atoms with Crippen molar-refractivity contribution < 1.29 is 40.8 Å². The second-order valence-electron chi connectivity index (χ2n) is 27.7. The average molecular weight is 1310 g/mol. The Kier molecular flexibility index (Phi) is 16.8. The van der Waals surface area contributed by atoms with Gasteiger partial charge >= 0.3 is 0 Å². The fourth-order valence-corrected chi connectivity index (χ4v) is 13.6. The molecular formula is C72H74F3N9O12. The molecule has 9 aromatic rings. The molecule has 96 heavy (non-hydrogen) atoms. The van der Waals surface area contributed by atoms with Gasteiger partial charge in [-0.1, -0.05) is 66.7 Å². The fourth-order valence-electron chi connectivity index (χ4n) is 13.6. The maximum atomic E-state index is 15.7. The summed E-state index contributed by atoms with van der Waals surface area (Å²) in [6, 6.07) is 15.3. The van der Waals surface area contributed by atoms with E-state index in [2.05, 4.69) is 47.9 Å². The Bertz CT molecular complexity index is 4870. The van der Waals surface area contributed by atoms with Crippen molar-refractivity contribution in [1.82, 2.24) is 16.0 Å². The van der Waals surface area contributed by atoms with Crippen LogP contribution in [0.2, 0.25) is 0 Å². The minimum atomic E-state index is -0.923. The highest BCUT2D eigenvalue weighted by Gasteiger charge is 2.42. The Labute approximate surface area is 548 Å². The van der Waals surface area contributed by atoms with Crippen LogP contribution >= 0.6 is 0 Å². The number of furan rings is 3. The zero-order valence-corrected chi connectivity index (χ0v) is 54.9. The summed E-state index contributed by atoms with van der Waals surface area (Å²) in [7, 11) is 0. The molecular weight excluding hydrogens is 1240 g/mol. The third kappa shape index (κ3) is 11.6. The van der Waals surface area contributed by atoms with Crippen molar-refractivity contribution in [3.05, 3.63) is 220 Å². The van der Waals surface area contributed by atoms with E-state index in [0.717, 1.165) is 0 Å². The molecule has 1 unspecified atom stereocenters. The van der Waals surface area contributed by atoms with E-state index in [1.54, 1.807) is 52.0 Å². The second kappa shape index (κ2) is 24.5. The quantitative estimate of drug-likeness (QED) is 0.0216. The number of hydrogen-bond donors (Lipinski definition) is 9. The average Bonchev–Trinajstić information content (AvgIpc) is 1.04. The molecule has 3 aliphatic rings. The van der Waals surface area contributed by atoms with Gasteiger partial charge in [-0.15, -0.1) is 0 Å². The van der Waals surface area contributed by atoms with Crippen molar-refractivity contribution >= 4 is 68.9 Å². The van der Waals surface area contributed by atoms with Crippen LogP contribution in [0.3, 0.4) is 0 Å². The van der Waals surface area contributed by atoms with Gasteiger partial charge in [-0.25, -0.2) is 13.2 Å². The van der Waals surface area contributed by atoms with E-state index in [0.29, 0.717) is 96.2 Å². The molecule has 3 aromatic heterocycles. The number of anilines is 9. The highest BCUT2D eigenvalue weighted by Crippen LogP contribution is 2.47. The number of nitrogens with one attached hydrogen (secondary N) is 9. The van der Waals surface area contributed by atoms with E-state index in [9.17, 15) is 43.2 Å². The molecule has 12 rings (SSSR count). The monoisotopic (exact) mass is 1310 g/mol. The van der Waals surface area contributed by atoms with Crippen LogP contribution < -0.4 is 80.4 Å². The molecule has 500 valence electrons. The molecule has 21 nitrogen and oxygen atoms in total. The first kappa shape index (κ1) is 65.8. The summed E-state index contributed by atoms with van der Waals surface area (Å²) in [5, 5.41) is 26.4. The smallest absolute Gasteiger partial charge is 0.254 e. The SMILES string of the molecule is CCC(C)(C)[C@@H](Nc1c(Nc2c(F)ccc3c2C(=O)N[C@@H]3C)c(=O)c1=O)c1ccc(CCCC(C)(C)[C@@H](Nc2c(Nc3c(F)ccc4c3C(=O)NC4C)c(=O)c2=O)c2ccc(CCCC(C)(C)[C@@H](Nc3c(Nc4c(F)ccc5c4C(=O)N[C@H]5C)c(=O)c3=O)c3ccc(C)o3)o2)o1. The number of halogens is 3. The maximum absolute atomic E-state index is 15.7. The Hall–Kier alpha value is -10.3. The predicted octanol–water partition coefficient (Wildman–Crippen LogP) is 12.6. The van der Waals surface area contributed by atoms with E-state index in [4.69, 9.17) is 13.3 Å². The molecule has 6 heterocycles. The molecule has 6 atom stereocenters. The molecule has 24 heteroatoms. The zero-order valence-electron chi connectivity index (χ0n) is 54.9. The first-order chi connectivity index (χ1) is 45.4. The first-order valence-electron chi connectivity index (χ1n) is 32.1. The van der Waals surface area contributed by atoms with Crippen molar-refractivity contribution in [3.63, 3.8) is 0 Å². The van der Waals surface area contributed by atoms with Crippen LogP contribution in [0.5, 0.6) is 0 Å². The van der Waals surface area contributed by atoms with Crippen molar-refractivity contribution in [2.75, 3.05) is 31.9 Å². The molecule has 3 aliphatic heterocycles. The molecule has 0 bridgehead atoms. The van der Waals surface area contributed by atoms with Gasteiger partial charge in [0.25, 0.3) is 50.3 Å². The molecule has 6 aromatic carbocycles. The van der Waals surface area contributed by atoms with Crippen molar-refractivity contribution in [2.45, 2.75) is 157 Å². The maximum Gasteiger partial charge on any atom is 0.254 e. The predicted molar refractivity (Wildman–Crippen MR) is 358 cm³/mol. The standard InChI is InChI=1S/C72H74F3N9O12/c1-12-70(6,7)64(82-55-52(58(85)61(55)88)79-49-40(73)23-20-37-32(3)76-67(91)46(37)49)44-27-18-35(95-44)15-14-30-72(10,11)66(84-57-54(60(87)63(57)90)81-51-42(75)25-22-39-34(5)78-69(93)48(39)51)45-28-19-36(96-45)16-13-29-71(8,9)65(43-26-17-31(2)94-43)83-56-53(59(86)62(56)89)80-50-41(74)24-21-38-33(4)77-68(92)47(38)50/h17-28,32-34,64-66,79-84H,12-16,29-30H2,1-11H3,(H,76,91)(H,77,92)(H,78,93)/t32-,33+,34?,64+,65+,66+/m1/s1. The first-order valence-corrected chi connectivity index (χ1v) is 32.1. The van der Waals surface area contributed by atoms with Gasteiger partial charge in [-0.3, -0.25) is 43.2 Å². The van der Waals surface area contributed by atoms with Gasteiger partial charge in [-0.2, -0.15) is 0 Å². The topological polar surface area (TPSA) is 301 Å². The third-order valence-electron chi connectivity index (χ3n) is 19.8. The highest BCUT2D eigenvalue weighted by molar-refractivity contribution is 6.07. The van der Waals surface area contributed by atoms with Crippen molar-refractivity contribution in [1.29, 1.82) is 0 Å². The van der Waals surface area contributed by atoms with E-state index in [-0.39, 0.29) is 67.9 Å². The Morgan fingerprint density at radius 1 is 0.406 bits per heavy atom. The molecule has 0 radical (unpaired) electrons. The van der Waals surface area contributed by atoms with Gasteiger partial charge in [0, 0.05) is 12.8 Å². The Morgan fingerprint density at radius 2 is 0.708 bits per heavy atom. The lowest BCUT2D eigenvalue weighted by Gasteiger charge is -2.35. The lowest BCUT2D eigenvalue weighted by Crippen LogP contribution is -2.40. The van der Waals surface area contributed by atoms with E-state index < -0.39 is 120 Å². The number of fused-ring (bicyclic) bond motifs is 3. The minimum Gasteiger partial charge on any atom is -0.464 e. The number of amides is 3. The summed E-state index contributed by atoms with van der Waals surface area (Å²) in [6.45, 7) is 20.8. The van der Waals surface area contributed by atoms with Gasteiger partial charge in [0.2, 0.25) is 0 Å². The molecule has 9 N–H and O–H groups in total. The summed E-state index contributed by atoms with van der Waals surface area (Å²) < 4.78 is 66.1. The summed E-state index contributed by atoms with van der Waals surface area (Å²) in [5.41, 5.74) is -7.28. The van der Waals surface area contributed by atoms with Crippen LogP contribution in [0.25, 0.3) is 0 Å². The second-order valence-corrected chi connectivity index (χ2v) is 27.7. The lowest BCUT2D eigenvalue weighted by atomic mass is 9.78. The molecule has 0 fully saturated rings. The van der Waals surface area contributed by atoms with Crippen LogP contribution in [0.4, 0.5) is 64.4 Å². The molecule has 3 amide bonds. The highest BCUT2D eigenvalue weighted by atomic mass is 19.1. The summed E-state index contributed by atoms with van der Waals surface area (Å²) in [4.78, 5) is 120. The molecule has 0 saturated carbocycles.